The van der Waals surface area contributed by atoms with Crippen molar-refractivity contribution in [1.82, 2.24) is 14.5 Å². The number of anilines is 1. The van der Waals surface area contributed by atoms with Gasteiger partial charge in [0.15, 0.2) is 5.75 Å². The summed E-state index contributed by atoms with van der Waals surface area (Å²) in [5.74, 6) is 1.39. The molecule has 1 atom stereocenters. The maximum absolute atomic E-state index is 12.5. The summed E-state index contributed by atoms with van der Waals surface area (Å²) in [6, 6.07) is 7.42. The Bertz CT molecular complexity index is 1090. The molecule has 8 nitrogen and oxygen atoms in total. The highest BCUT2D eigenvalue weighted by atomic mass is 32.2. The van der Waals surface area contributed by atoms with Crippen molar-refractivity contribution in [2.24, 2.45) is 13.0 Å². The number of rotatable bonds is 6. The largest absolute Gasteiger partial charge is 0.489 e. The van der Waals surface area contributed by atoms with Crippen LogP contribution in [-0.2, 0) is 18.0 Å². The lowest BCUT2D eigenvalue weighted by Gasteiger charge is -2.14. The molecule has 28 heavy (non-hydrogen) atoms. The number of pyridine rings is 1. The lowest BCUT2D eigenvalue weighted by molar-refractivity contribution is 0.299. The molecule has 148 valence electrons. The quantitative estimate of drug-likeness (QED) is 0.673. The molecule has 1 saturated carbocycles. The van der Waals surface area contributed by atoms with Crippen molar-refractivity contribution in [3.8, 4) is 17.0 Å². The molecule has 0 bridgehead atoms. The van der Waals surface area contributed by atoms with Gasteiger partial charge in [0.25, 0.3) is 5.56 Å². The Kier molecular flexibility index (Phi) is 5.76. The zero-order chi connectivity index (χ0) is 19.0. The molecule has 0 radical (unpaired) electrons. The number of hydrogen-bond acceptors (Lipinski definition) is 5. The van der Waals surface area contributed by atoms with Gasteiger partial charge in [-0.3, -0.25) is 9.52 Å². The van der Waals surface area contributed by atoms with Crippen LogP contribution in [0, 0.1) is 5.92 Å². The van der Waals surface area contributed by atoms with Crippen LogP contribution in [0.4, 0.5) is 5.95 Å². The number of aromatic nitrogens is 3. The first-order valence-corrected chi connectivity index (χ1v) is 10.3. The second-order valence-electron chi connectivity index (χ2n) is 6.72. The van der Waals surface area contributed by atoms with Crippen LogP contribution >= 0.6 is 0 Å². The third kappa shape index (κ3) is 4.05. The van der Waals surface area contributed by atoms with E-state index >= 15 is 0 Å². The summed E-state index contributed by atoms with van der Waals surface area (Å²) in [6.07, 6.45) is 7.21. The lowest BCUT2D eigenvalue weighted by atomic mass is 10.0. The predicted molar refractivity (Wildman–Crippen MR) is 110 cm³/mol. The Morgan fingerprint density at radius 2 is 2.00 bits per heavy atom. The summed E-state index contributed by atoms with van der Waals surface area (Å²) in [7, 11) is 0.418. The molecule has 3 N–H and O–H groups in total. The standard InChI is InChI=1S/C19H20N4O3S.H2O/c1-23-10-15(13-5-3-4-6-14(13)18(23)24)17-16(26-11-12-7-8-12)9-20-19(21-17)22-27(2)25;/h3-6,9-10,12H,7-8,11H2,1-2H3,(H,20,21,22);1H2. The zero-order valence-corrected chi connectivity index (χ0v) is 16.5. The monoisotopic (exact) mass is 402 g/mol. The number of benzene rings is 1. The average molecular weight is 402 g/mol. The first-order chi connectivity index (χ1) is 13.0. The van der Waals surface area contributed by atoms with Crippen LogP contribution in [0.5, 0.6) is 5.75 Å². The normalized spacial score (nSPS) is 14.4. The van der Waals surface area contributed by atoms with Gasteiger partial charge >= 0.3 is 0 Å². The third-order valence-electron chi connectivity index (χ3n) is 4.51. The smallest absolute Gasteiger partial charge is 0.258 e. The summed E-state index contributed by atoms with van der Waals surface area (Å²) in [5, 5.41) is 1.40. The van der Waals surface area contributed by atoms with E-state index in [1.165, 1.54) is 23.7 Å². The van der Waals surface area contributed by atoms with E-state index in [0.29, 0.717) is 29.4 Å². The van der Waals surface area contributed by atoms with Crippen molar-refractivity contribution in [3.05, 3.63) is 47.0 Å². The van der Waals surface area contributed by atoms with E-state index in [1.807, 2.05) is 18.2 Å². The Labute approximate surface area is 164 Å². The average Bonchev–Trinajstić information content (AvgIpc) is 3.47. The number of aryl methyl sites for hydroxylation is 1. The Balaban J connectivity index is 0.00000225. The predicted octanol–water partition coefficient (Wildman–Crippen LogP) is 1.67. The molecular weight excluding hydrogens is 380 g/mol. The maximum Gasteiger partial charge on any atom is 0.258 e. The van der Waals surface area contributed by atoms with E-state index in [4.69, 9.17) is 4.74 Å². The van der Waals surface area contributed by atoms with Crippen molar-refractivity contribution >= 4 is 27.7 Å². The molecule has 1 aliphatic carbocycles. The van der Waals surface area contributed by atoms with Crippen LogP contribution in [-0.4, -0.2) is 37.1 Å². The fraction of sp³-hybridized carbons (Fsp3) is 0.316. The molecule has 1 fully saturated rings. The highest BCUT2D eigenvalue weighted by Crippen LogP contribution is 2.35. The fourth-order valence-corrected chi connectivity index (χ4v) is 3.30. The van der Waals surface area contributed by atoms with Gasteiger partial charge < -0.3 is 14.8 Å². The number of nitrogens with one attached hydrogen (secondary N) is 1. The molecule has 1 aromatic carbocycles. The molecule has 1 aliphatic rings. The summed E-state index contributed by atoms with van der Waals surface area (Å²) < 4.78 is 21.8. The molecular formula is C19H22N4O4S. The highest BCUT2D eigenvalue weighted by molar-refractivity contribution is 7.85. The third-order valence-corrected chi connectivity index (χ3v) is 4.98. The van der Waals surface area contributed by atoms with Crippen LogP contribution < -0.4 is 15.0 Å². The number of ether oxygens (including phenoxy) is 1. The minimum Gasteiger partial charge on any atom is -0.489 e. The molecule has 9 heteroatoms. The fourth-order valence-electron chi connectivity index (χ4n) is 2.94. The van der Waals surface area contributed by atoms with Crippen LogP contribution in [0.1, 0.15) is 12.8 Å². The van der Waals surface area contributed by atoms with Crippen molar-refractivity contribution < 1.29 is 14.4 Å². The van der Waals surface area contributed by atoms with Gasteiger partial charge in [-0.1, -0.05) is 18.2 Å². The molecule has 0 saturated heterocycles. The van der Waals surface area contributed by atoms with E-state index in [9.17, 15) is 9.00 Å². The summed E-state index contributed by atoms with van der Waals surface area (Å²) in [4.78, 5) is 21.2. The summed E-state index contributed by atoms with van der Waals surface area (Å²) in [6.45, 7) is 0.618. The Morgan fingerprint density at radius 1 is 1.29 bits per heavy atom. The van der Waals surface area contributed by atoms with Crippen LogP contribution in [0.15, 0.2) is 41.5 Å². The van der Waals surface area contributed by atoms with Gasteiger partial charge in [0, 0.05) is 30.4 Å². The minimum atomic E-state index is -1.30. The molecule has 4 rings (SSSR count). The van der Waals surface area contributed by atoms with Gasteiger partial charge in [-0.15, -0.1) is 0 Å². The van der Waals surface area contributed by atoms with E-state index < -0.39 is 11.0 Å². The molecule has 3 aromatic rings. The van der Waals surface area contributed by atoms with Gasteiger partial charge in [-0.2, -0.15) is 0 Å². The van der Waals surface area contributed by atoms with Gasteiger partial charge in [-0.05, 0) is 30.2 Å². The number of fused-ring (bicyclic) bond motifs is 1. The zero-order valence-electron chi connectivity index (χ0n) is 15.6. The topological polar surface area (TPSA) is 118 Å². The van der Waals surface area contributed by atoms with Crippen LogP contribution in [0.2, 0.25) is 0 Å². The van der Waals surface area contributed by atoms with Crippen molar-refractivity contribution in [2.45, 2.75) is 12.8 Å². The van der Waals surface area contributed by atoms with Crippen LogP contribution in [0.3, 0.4) is 0 Å². The van der Waals surface area contributed by atoms with E-state index in [0.717, 1.165) is 10.9 Å². The number of nitrogens with zero attached hydrogens (tertiary/aromatic N) is 3. The van der Waals surface area contributed by atoms with Gasteiger partial charge in [0.2, 0.25) is 5.95 Å². The summed E-state index contributed by atoms with van der Waals surface area (Å²) in [5.41, 5.74) is 1.27. The SMILES string of the molecule is Cn1cc(-c2nc(NS(C)=O)ncc2OCC2CC2)c2ccccc2c1=O.O. The van der Waals surface area contributed by atoms with Crippen molar-refractivity contribution in [1.29, 1.82) is 0 Å². The first-order valence-electron chi connectivity index (χ1n) is 8.71. The highest BCUT2D eigenvalue weighted by Gasteiger charge is 2.23. The Morgan fingerprint density at radius 3 is 2.68 bits per heavy atom. The van der Waals surface area contributed by atoms with E-state index in [1.54, 1.807) is 25.5 Å². The van der Waals surface area contributed by atoms with E-state index in [-0.39, 0.29) is 17.0 Å². The number of hydrogen-bond donors (Lipinski definition) is 1. The lowest BCUT2D eigenvalue weighted by Crippen LogP contribution is -2.17. The van der Waals surface area contributed by atoms with Crippen LogP contribution in [0.25, 0.3) is 22.0 Å². The molecule has 1 unspecified atom stereocenters. The molecule has 0 amide bonds. The molecule has 0 aliphatic heterocycles. The van der Waals surface area contributed by atoms with Gasteiger partial charge in [0.05, 0.1) is 12.8 Å². The van der Waals surface area contributed by atoms with Crippen molar-refractivity contribution in [3.63, 3.8) is 0 Å². The van der Waals surface area contributed by atoms with Gasteiger partial charge in [-0.25, -0.2) is 14.2 Å². The first kappa shape index (κ1) is 20.0. The van der Waals surface area contributed by atoms with Gasteiger partial charge in [0.1, 0.15) is 16.7 Å². The van der Waals surface area contributed by atoms with E-state index in [2.05, 4.69) is 14.7 Å². The molecule has 2 aromatic heterocycles. The molecule has 2 heterocycles. The maximum atomic E-state index is 12.5. The molecule has 0 spiro atoms. The van der Waals surface area contributed by atoms with Crippen molar-refractivity contribution in [2.75, 3.05) is 17.6 Å². The second-order valence-corrected chi connectivity index (χ2v) is 7.83. The minimum absolute atomic E-state index is 0. The Hall–Kier alpha value is -2.78. The second kappa shape index (κ2) is 8.07. The summed E-state index contributed by atoms with van der Waals surface area (Å²) >= 11 is 0.